The molecule has 0 spiro atoms. The number of hydrogen-bond donors (Lipinski definition) is 0. The molecule has 0 aliphatic carbocycles. The molecule has 2 aromatic rings. The van der Waals surface area contributed by atoms with Crippen molar-refractivity contribution in [2.75, 3.05) is 0 Å². The Kier molecular flexibility index (Phi) is 4.55. The van der Waals surface area contributed by atoms with Crippen molar-refractivity contribution in [2.45, 2.75) is 6.42 Å². The van der Waals surface area contributed by atoms with Gasteiger partial charge in [0.25, 0.3) is 0 Å². The molecule has 0 fully saturated rings. The molecule has 2 rings (SSSR count). The summed E-state index contributed by atoms with van der Waals surface area (Å²) in [7, 11) is 0. The predicted molar refractivity (Wildman–Crippen MR) is 76.4 cm³/mol. The van der Waals surface area contributed by atoms with Crippen LogP contribution in [0.15, 0.2) is 34.9 Å². The van der Waals surface area contributed by atoms with Crippen LogP contribution in [0.2, 0.25) is 10.2 Å². The normalized spacial score (nSPS) is 10.5. The Morgan fingerprint density at radius 2 is 2.11 bits per heavy atom. The molecule has 0 saturated heterocycles. The topological polar surface area (TPSA) is 30.0 Å². The summed E-state index contributed by atoms with van der Waals surface area (Å²) in [5.74, 6) is -0.906. The monoisotopic (exact) mass is 361 g/mol. The maximum Gasteiger partial charge on any atom is 0.170 e. The van der Waals surface area contributed by atoms with E-state index in [0.717, 1.165) is 0 Å². The summed E-state index contributed by atoms with van der Waals surface area (Å²) in [6.07, 6.45) is 1.36. The number of hydrogen-bond acceptors (Lipinski definition) is 2. The fraction of sp³-hybridized carbons (Fsp3) is 0.0769. The molecule has 2 nitrogen and oxygen atoms in total. The van der Waals surface area contributed by atoms with Gasteiger partial charge in [0.1, 0.15) is 11.0 Å². The summed E-state index contributed by atoms with van der Waals surface area (Å²) in [5.41, 5.74) is 0.476. The molecule has 1 heterocycles. The smallest absolute Gasteiger partial charge is 0.170 e. The molecule has 0 amide bonds. The molecule has 0 radical (unpaired) electrons. The fourth-order valence-electron chi connectivity index (χ4n) is 1.57. The maximum atomic E-state index is 13.7. The van der Waals surface area contributed by atoms with Gasteiger partial charge in [-0.15, -0.1) is 0 Å². The van der Waals surface area contributed by atoms with Gasteiger partial charge >= 0.3 is 0 Å². The summed E-state index contributed by atoms with van der Waals surface area (Å²) in [5, 5.41) is 0.0828. The molecule has 6 heteroatoms. The molecular weight excluding hydrogens is 356 g/mol. The quantitative estimate of drug-likeness (QED) is 0.584. The first kappa shape index (κ1) is 14.4. The lowest BCUT2D eigenvalue weighted by Gasteiger charge is -2.05. The third kappa shape index (κ3) is 3.32. The Morgan fingerprint density at radius 1 is 1.37 bits per heavy atom. The van der Waals surface area contributed by atoms with Gasteiger partial charge in [-0.2, -0.15) is 0 Å². The molecule has 0 atom stereocenters. The lowest BCUT2D eigenvalue weighted by Crippen LogP contribution is -2.07. The van der Waals surface area contributed by atoms with Crippen LogP contribution in [0.3, 0.4) is 0 Å². The molecular formula is C13H7BrCl2FNO. The van der Waals surface area contributed by atoms with E-state index < -0.39 is 5.82 Å². The third-order valence-corrected chi connectivity index (χ3v) is 3.52. The highest BCUT2D eigenvalue weighted by Gasteiger charge is 2.16. The Hall–Kier alpha value is -0.970. The van der Waals surface area contributed by atoms with E-state index in [-0.39, 0.29) is 33.5 Å². The highest BCUT2D eigenvalue weighted by molar-refractivity contribution is 9.10. The van der Waals surface area contributed by atoms with Gasteiger partial charge in [0, 0.05) is 17.1 Å². The second-order valence-electron chi connectivity index (χ2n) is 3.80. The fourth-order valence-corrected chi connectivity index (χ4v) is 2.31. The number of aromatic nitrogens is 1. The van der Waals surface area contributed by atoms with Gasteiger partial charge < -0.3 is 0 Å². The van der Waals surface area contributed by atoms with E-state index in [1.165, 1.54) is 18.3 Å². The van der Waals surface area contributed by atoms with Crippen LogP contribution in [0.1, 0.15) is 15.9 Å². The van der Waals surface area contributed by atoms with Crippen LogP contribution in [-0.2, 0) is 6.42 Å². The Labute approximate surface area is 127 Å². The second-order valence-corrected chi connectivity index (χ2v) is 5.49. The van der Waals surface area contributed by atoms with Crippen LogP contribution in [0.4, 0.5) is 4.39 Å². The second kappa shape index (κ2) is 5.99. The van der Waals surface area contributed by atoms with E-state index in [1.807, 2.05) is 0 Å². The van der Waals surface area contributed by atoms with Crippen molar-refractivity contribution in [3.8, 4) is 0 Å². The number of Topliss-reactive ketones (excluding diaryl/α,β-unsaturated/α-hetero) is 1. The number of rotatable bonds is 3. The van der Waals surface area contributed by atoms with Gasteiger partial charge in [-0.3, -0.25) is 4.79 Å². The van der Waals surface area contributed by atoms with Crippen LogP contribution in [0.25, 0.3) is 0 Å². The largest absolute Gasteiger partial charge is 0.294 e. The number of ketones is 1. The third-order valence-electron chi connectivity index (χ3n) is 2.49. The summed E-state index contributed by atoms with van der Waals surface area (Å²) in [4.78, 5) is 16.0. The summed E-state index contributed by atoms with van der Waals surface area (Å²) in [6.45, 7) is 0. The van der Waals surface area contributed by atoms with Crippen LogP contribution < -0.4 is 0 Å². The van der Waals surface area contributed by atoms with Gasteiger partial charge in [-0.25, -0.2) is 9.37 Å². The Bertz CT molecular complexity index is 649. The minimum atomic E-state index is -0.586. The van der Waals surface area contributed by atoms with Crippen LogP contribution in [0, 0.1) is 5.82 Å². The summed E-state index contributed by atoms with van der Waals surface area (Å²) >= 11 is 14.7. The van der Waals surface area contributed by atoms with Crippen molar-refractivity contribution in [1.82, 2.24) is 4.98 Å². The van der Waals surface area contributed by atoms with E-state index in [4.69, 9.17) is 23.2 Å². The minimum absolute atomic E-state index is 0.0104. The number of carbonyl (C=O) groups excluding carboxylic acids is 1. The van der Waals surface area contributed by atoms with Crippen LogP contribution in [0.5, 0.6) is 0 Å². The average molecular weight is 363 g/mol. The molecule has 19 heavy (non-hydrogen) atoms. The molecule has 0 unspecified atom stereocenters. The van der Waals surface area contributed by atoms with Crippen molar-refractivity contribution >= 4 is 44.9 Å². The predicted octanol–water partition coefficient (Wildman–Crippen LogP) is 4.72. The Morgan fingerprint density at radius 3 is 2.84 bits per heavy atom. The maximum absolute atomic E-state index is 13.7. The van der Waals surface area contributed by atoms with Crippen molar-refractivity contribution in [2.24, 2.45) is 0 Å². The van der Waals surface area contributed by atoms with Crippen molar-refractivity contribution < 1.29 is 9.18 Å². The zero-order chi connectivity index (χ0) is 14.0. The Balaban J connectivity index is 2.31. The molecule has 0 bridgehead atoms. The van der Waals surface area contributed by atoms with Gasteiger partial charge in [-0.1, -0.05) is 35.3 Å². The molecule has 0 aliphatic heterocycles. The van der Waals surface area contributed by atoms with Gasteiger partial charge in [0.15, 0.2) is 5.78 Å². The minimum Gasteiger partial charge on any atom is -0.294 e. The molecule has 0 saturated carbocycles. The van der Waals surface area contributed by atoms with E-state index >= 15 is 0 Å². The molecule has 0 N–H and O–H groups in total. The van der Waals surface area contributed by atoms with Crippen molar-refractivity contribution in [1.29, 1.82) is 0 Å². The van der Waals surface area contributed by atoms with Gasteiger partial charge in [0.2, 0.25) is 0 Å². The van der Waals surface area contributed by atoms with E-state index in [9.17, 15) is 9.18 Å². The highest BCUT2D eigenvalue weighted by Crippen LogP contribution is 2.23. The molecule has 1 aromatic carbocycles. The first-order chi connectivity index (χ1) is 8.99. The van der Waals surface area contributed by atoms with Crippen LogP contribution >= 0.6 is 39.1 Å². The first-order valence-corrected chi connectivity index (χ1v) is 6.81. The molecule has 0 aliphatic rings. The van der Waals surface area contributed by atoms with Crippen molar-refractivity contribution in [3.63, 3.8) is 0 Å². The van der Waals surface area contributed by atoms with Gasteiger partial charge in [-0.05, 0) is 33.6 Å². The summed E-state index contributed by atoms with van der Waals surface area (Å²) < 4.78 is 14.3. The molecule has 1 aromatic heterocycles. The number of pyridine rings is 1. The molecule has 98 valence electrons. The first-order valence-electron chi connectivity index (χ1n) is 5.26. The van der Waals surface area contributed by atoms with E-state index in [1.54, 1.807) is 12.1 Å². The number of nitrogens with zero attached hydrogens (tertiary/aromatic N) is 1. The van der Waals surface area contributed by atoms with Gasteiger partial charge in [0.05, 0.1) is 10.6 Å². The zero-order valence-corrected chi connectivity index (χ0v) is 12.6. The van der Waals surface area contributed by atoms with Crippen LogP contribution in [-0.4, -0.2) is 10.8 Å². The number of halogens is 4. The average Bonchev–Trinajstić information content (AvgIpc) is 2.38. The van der Waals surface area contributed by atoms with E-state index in [0.29, 0.717) is 4.47 Å². The van der Waals surface area contributed by atoms with E-state index in [2.05, 4.69) is 20.9 Å². The highest BCUT2D eigenvalue weighted by atomic mass is 79.9. The van der Waals surface area contributed by atoms with Crippen molar-refractivity contribution in [3.05, 3.63) is 62.1 Å². The SMILES string of the molecule is O=C(Cc1cccc(Cl)c1F)c1cc(Br)cnc1Cl. The number of benzene rings is 1. The zero-order valence-electron chi connectivity index (χ0n) is 9.46. The lowest BCUT2D eigenvalue weighted by atomic mass is 10.0. The lowest BCUT2D eigenvalue weighted by molar-refractivity contribution is 0.0991. The standard InChI is InChI=1S/C13H7BrCl2FNO/c14-8-5-9(13(16)18-6-8)11(19)4-7-2-1-3-10(15)12(7)17/h1-3,5-6H,4H2. The summed E-state index contributed by atoms with van der Waals surface area (Å²) in [6, 6.07) is 6.09. The number of carbonyl (C=O) groups is 1.